The van der Waals surface area contributed by atoms with Gasteiger partial charge in [0.1, 0.15) is 0 Å². The van der Waals surface area contributed by atoms with Gasteiger partial charge in [-0.1, -0.05) is 31.0 Å². The number of hydrogen-bond donors (Lipinski definition) is 2. The van der Waals surface area contributed by atoms with Gasteiger partial charge in [-0.25, -0.2) is 0 Å². The number of nitrogens with zero attached hydrogens (tertiary/aromatic N) is 3. The number of rotatable bonds is 6. The molecule has 0 aliphatic rings. The molecule has 0 radical (unpaired) electrons. The van der Waals surface area contributed by atoms with Crippen LogP contribution in [0.4, 0.5) is 17.5 Å². The molecular weight excluding hydrogens is 262 g/mol. The van der Waals surface area contributed by atoms with Gasteiger partial charge < -0.3 is 10.6 Å². The molecule has 0 aliphatic carbocycles. The number of hydrogen-bond acceptors (Lipinski definition) is 5. The summed E-state index contributed by atoms with van der Waals surface area (Å²) in [4.78, 5) is 4.45. The second-order valence-corrected chi connectivity index (χ2v) is 5.34. The Labute approximate surface area is 126 Å². The first-order valence-corrected chi connectivity index (χ1v) is 7.38. The summed E-state index contributed by atoms with van der Waals surface area (Å²) in [7, 11) is 0. The SMILES string of the molecule is CCCCNc1cnnc(Nc2c(C)cc(C)cc2C)n1. The molecule has 0 amide bonds. The monoisotopic (exact) mass is 285 g/mol. The van der Waals surface area contributed by atoms with E-state index in [2.05, 4.69) is 65.6 Å². The van der Waals surface area contributed by atoms with Crippen LogP contribution in [0.15, 0.2) is 18.3 Å². The van der Waals surface area contributed by atoms with E-state index < -0.39 is 0 Å². The van der Waals surface area contributed by atoms with Crippen molar-refractivity contribution in [1.82, 2.24) is 15.2 Å². The van der Waals surface area contributed by atoms with Crippen molar-refractivity contribution in [3.8, 4) is 0 Å². The normalized spacial score (nSPS) is 10.5. The first-order chi connectivity index (χ1) is 10.1. The quantitative estimate of drug-likeness (QED) is 0.791. The maximum Gasteiger partial charge on any atom is 0.249 e. The second kappa shape index (κ2) is 7.02. The molecular formula is C16H23N5. The molecule has 5 nitrogen and oxygen atoms in total. The number of aryl methyl sites for hydroxylation is 3. The van der Waals surface area contributed by atoms with Gasteiger partial charge in [0.25, 0.3) is 0 Å². The lowest BCUT2D eigenvalue weighted by molar-refractivity contribution is 0.827. The number of unbranched alkanes of at least 4 members (excludes halogenated alkanes) is 1. The van der Waals surface area contributed by atoms with Gasteiger partial charge in [-0.15, -0.1) is 5.10 Å². The molecule has 0 atom stereocenters. The first kappa shape index (κ1) is 15.2. The summed E-state index contributed by atoms with van der Waals surface area (Å²) in [5, 5.41) is 14.6. The molecule has 1 aromatic carbocycles. The van der Waals surface area contributed by atoms with Crippen LogP contribution >= 0.6 is 0 Å². The molecule has 0 saturated carbocycles. The molecule has 0 spiro atoms. The fourth-order valence-corrected chi connectivity index (χ4v) is 2.32. The molecule has 0 saturated heterocycles. The first-order valence-electron chi connectivity index (χ1n) is 7.38. The third-order valence-corrected chi connectivity index (χ3v) is 3.31. The zero-order chi connectivity index (χ0) is 15.2. The lowest BCUT2D eigenvalue weighted by atomic mass is 10.1. The zero-order valence-corrected chi connectivity index (χ0v) is 13.2. The second-order valence-electron chi connectivity index (χ2n) is 5.34. The minimum atomic E-state index is 0.520. The Kier molecular flexibility index (Phi) is 5.09. The van der Waals surface area contributed by atoms with Gasteiger partial charge in [0.05, 0.1) is 6.20 Å². The smallest absolute Gasteiger partial charge is 0.249 e. The Morgan fingerprint density at radius 3 is 2.48 bits per heavy atom. The predicted octanol–water partition coefficient (Wildman–Crippen LogP) is 3.75. The van der Waals surface area contributed by atoms with Crippen molar-refractivity contribution < 1.29 is 0 Å². The van der Waals surface area contributed by atoms with E-state index in [1.54, 1.807) is 6.20 Å². The zero-order valence-electron chi connectivity index (χ0n) is 13.2. The van der Waals surface area contributed by atoms with Crippen LogP contribution in [-0.2, 0) is 0 Å². The van der Waals surface area contributed by atoms with Crippen LogP contribution in [0.1, 0.15) is 36.5 Å². The Bertz CT molecular complexity index is 586. The largest absolute Gasteiger partial charge is 0.369 e. The number of aromatic nitrogens is 3. The average Bonchev–Trinajstić information content (AvgIpc) is 2.44. The number of nitrogens with one attached hydrogen (secondary N) is 2. The third-order valence-electron chi connectivity index (χ3n) is 3.31. The van der Waals surface area contributed by atoms with Gasteiger partial charge in [0.15, 0.2) is 5.82 Å². The molecule has 0 bridgehead atoms. The van der Waals surface area contributed by atoms with Gasteiger partial charge in [0.2, 0.25) is 5.95 Å². The Balaban J connectivity index is 2.15. The standard InChI is InChI=1S/C16H23N5/c1-5-6-7-17-14-10-18-21-16(19-14)20-15-12(3)8-11(2)9-13(15)4/h8-10H,5-7H2,1-4H3,(H2,17,19,20,21). The topological polar surface area (TPSA) is 62.7 Å². The van der Waals surface area contributed by atoms with Crippen molar-refractivity contribution in [2.24, 2.45) is 0 Å². The molecule has 0 aliphatic heterocycles. The minimum absolute atomic E-state index is 0.520. The molecule has 0 fully saturated rings. The van der Waals surface area contributed by atoms with Gasteiger partial charge in [-0.3, -0.25) is 0 Å². The van der Waals surface area contributed by atoms with Crippen molar-refractivity contribution in [2.75, 3.05) is 17.2 Å². The van der Waals surface area contributed by atoms with Gasteiger partial charge in [-0.2, -0.15) is 10.1 Å². The number of benzene rings is 1. The van der Waals surface area contributed by atoms with Gasteiger partial charge >= 0.3 is 0 Å². The van der Waals surface area contributed by atoms with E-state index in [4.69, 9.17) is 0 Å². The van der Waals surface area contributed by atoms with Crippen molar-refractivity contribution in [3.05, 3.63) is 35.0 Å². The molecule has 5 heteroatoms. The Hall–Kier alpha value is -2.17. The highest BCUT2D eigenvalue weighted by Crippen LogP contribution is 2.24. The van der Waals surface area contributed by atoms with Crippen LogP contribution in [0.5, 0.6) is 0 Å². The van der Waals surface area contributed by atoms with Crippen LogP contribution in [0.3, 0.4) is 0 Å². The van der Waals surface area contributed by atoms with Crippen LogP contribution in [-0.4, -0.2) is 21.7 Å². The van der Waals surface area contributed by atoms with E-state index in [0.29, 0.717) is 5.95 Å². The van der Waals surface area contributed by atoms with Crippen molar-refractivity contribution >= 4 is 17.5 Å². The van der Waals surface area contributed by atoms with Crippen LogP contribution in [0.25, 0.3) is 0 Å². The van der Waals surface area contributed by atoms with Crippen molar-refractivity contribution in [2.45, 2.75) is 40.5 Å². The summed E-state index contributed by atoms with van der Waals surface area (Å²) in [5.41, 5.74) is 4.67. The lowest BCUT2D eigenvalue weighted by Crippen LogP contribution is -2.07. The van der Waals surface area contributed by atoms with E-state index in [1.165, 1.54) is 16.7 Å². The molecule has 2 N–H and O–H groups in total. The van der Waals surface area contributed by atoms with Crippen LogP contribution < -0.4 is 10.6 Å². The molecule has 2 aromatic rings. The highest BCUT2D eigenvalue weighted by Gasteiger charge is 2.07. The predicted molar refractivity (Wildman–Crippen MR) is 87.2 cm³/mol. The summed E-state index contributed by atoms with van der Waals surface area (Å²) in [6.07, 6.45) is 3.91. The molecule has 1 heterocycles. The maximum absolute atomic E-state index is 4.45. The fraction of sp³-hybridized carbons (Fsp3) is 0.438. The van der Waals surface area contributed by atoms with E-state index >= 15 is 0 Å². The van der Waals surface area contributed by atoms with E-state index in [0.717, 1.165) is 30.9 Å². The van der Waals surface area contributed by atoms with Crippen LogP contribution in [0, 0.1) is 20.8 Å². The molecule has 1 aromatic heterocycles. The molecule has 112 valence electrons. The van der Waals surface area contributed by atoms with E-state index in [1.807, 2.05) is 0 Å². The molecule has 0 unspecified atom stereocenters. The van der Waals surface area contributed by atoms with Crippen LogP contribution in [0.2, 0.25) is 0 Å². The Morgan fingerprint density at radius 1 is 1.10 bits per heavy atom. The highest BCUT2D eigenvalue weighted by molar-refractivity contribution is 5.64. The lowest BCUT2D eigenvalue weighted by Gasteiger charge is -2.13. The third kappa shape index (κ3) is 4.15. The Morgan fingerprint density at radius 2 is 1.81 bits per heavy atom. The summed E-state index contributed by atoms with van der Waals surface area (Å²) >= 11 is 0. The molecule has 2 rings (SSSR count). The average molecular weight is 285 g/mol. The summed E-state index contributed by atoms with van der Waals surface area (Å²) in [6.45, 7) is 9.32. The summed E-state index contributed by atoms with van der Waals surface area (Å²) in [5.74, 6) is 1.27. The van der Waals surface area contributed by atoms with Gasteiger partial charge in [-0.05, 0) is 38.3 Å². The van der Waals surface area contributed by atoms with Gasteiger partial charge in [0, 0.05) is 12.2 Å². The summed E-state index contributed by atoms with van der Waals surface area (Å²) < 4.78 is 0. The fourth-order valence-electron chi connectivity index (χ4n) is 2.32. The minimum Gasteiger partial charge on any atom is -0.369 e. The molecule has 21 heavy (non-hydrogen) atoms. The number of anilines is 3. The van der Waals surface area contributed by atoms with Crippen molar-refractivity contribution in [1.29, 1.82) is 0 Å². The van der Waals surface area contributed by atoms with Crippen molar-refractivity contribution in [3.63, 3.8) is 0 Å². The van der Waals surface area contributed by atoms with E-state index in [9.17, 15) is 0 Å². The van der Waals surface area contributed by atoms with E-state index in [-0.39, 0.29) is 0 Å². The highest BCUT2D eigenvalue weighted by atomic mass is 15.3. The maximum atomic E-state index is 4.45. The summed E-state index contributed by atoms with van der Waals surface area (Å²) in [6, 6.07) is 4.29.